The van der Waals surface area contributed by atoms with E-state index in [0.29, 0.717) is 45.8 Å². The molecule has 1 unspecified atom stereocenters. The summed E-state index contributed by atoms with van der Waals surface area (Å²) in [6.07, 6.45) is 0.580. The van der Waals surface area contributed by atoms with E-state index in [9.17, 15) is 9.59 Å². The normalized spacial score (nSPS) is 28.0. The van der Waals surface area contributed by atoms with Gasteiger partial charge in [0, 0.05) is 38.7 Å². The van der Waals surface area contributed by atoms with Gasteiger partial charge in [-0.1, -0.05) is 13.8 Å². The highest BCUT2D eigenvalue weighted by atomic mass is 16.5. The molecule has 0 spiro atoms. The maximum absolute atomic E-state index is 12.4. The molecule has 2 N–H and O–H groups in total. The summed E-state index contributed by atoms with van der Waals surface area (Å²) in [6.45, 7) is 6.96. The van der Waals surface area contributed by atoms with Crippen molar-refractivity contribution in [1.29, 1.82) is 0 Å². The Morgan fingerprint density at radius 1 is 1.16 bits per heavy atom. The first-order valence-electron chi connectivity index (χ1n) is 6.89. The Morgan fingerprint density at radius 2 is 1.74 bits per heavy atom. The number of hydrogen-bond donors (Lipinski definition) is 1. The summed E-state index contributed by atoms with van der Waals surface area (Å²) in [6, 6.07) is 0. The highest BCUT2D eigenvalue weighted by Crippen LogP contribution is 2.19. The van der Waals surface area contributed by atoms with Gasteiger partial charge in [0.2, 0.25) is 11.8 Å². The molecule has 6 nitrogen and oxygen atoms in total. The van der Waals surface area contributed by atoms with Crippen LogP contribution in [-0.4, -0.2) is 66.5 Å². The van der Waals surface area contributed by atoms with Crippen LogP contribution in [0.4, 0.5) is 0 Å². The first-order valence-corrected chi connectivity index (χ1v) is 6.89. The topological polar surface area (TPSA) is 75.9 Å². The van der Waals surface area contributed by atoms with Crippen molar-refractivity contribution in [2.24, 2.45) is 11.7 Å². The molecule has 0 aliphatic carbocycles. The van der Waals surface area contributed by atoms with Crippen molar-refractivity contribution in [3.05, 3.63) is 0 Å². The Labute approximate surface area is 113 Å². The smallest absolute Gasteiger partial charge is 0.245 e. The van der Waals surface area contributed by atoms with E-state index >= 15 is 0 Å². The second-order valence-corrected chi connectivity index (χ2v) is 5.73. The molecule has 0 bridgehead atoms. The largest absolute Gasteiger partial charge is 0.379 e. The van der Waals surface area contributed by atoms with Gasteiger partial charge in [-0.3, -0.25) is 9.59 Å². The van der Waals surface area contributed by atoms with Gasteiger partial charge in [-0.05, 0) is 6.42 Å². The SMILES string of the molecule is CC(C)C(=O)N1CCN(C(=O)C2(N)CCOC2)CC1. The summed E-state index contributed by atoms with van der Waals surface area (Å²) < 4.78 is 5.23. The van der Waals surface area contributed by atoms with Gasteiger partial charge in [-0.25, -0.2) is 0 Å². The molecule has 0 radical (unpaired) electrons. The zero-order chi connectivity index (χ0) is 14.0. The summed E-state index contributed by atoms with van der Waals surface area (Å²) in [7, 11) is 0. The molecule has 2 heterocycles. The molecule has 2 amide bonds. The van der Waals surface area contributed by atoms with Crippen molar-refractivity contribution in [2.45, 2.75) is 25.8 Å². The van der Waals surface area contributed by atoms with E-state index in [1.54, 1.807) is 4.90 Å². The van der Waals surface area contributed by atoms with Gasteiger partial charge in [0.15, 0.2) is 0 Å². The molecule has 1 atom stereocenters. The van der Waals surface area contributed by atoms with Gasteiger partial charge in [0.1, 0.15) is 5.54 Å². The molecule has 0 aromatic carbocycles. The molecule has 0 aromatic rings. The average Bonchev–Trinajstić information content (AvgIpc) is 2.85. The lowest BCUT2D eigenvalue weighted by Crippen LogP contribution is -2.60. The fourth-order valence-electron chi connectivity index (χ4n) is 2.56. The van der Waals surface area contributed by atoms with Crippen LogP contribution in [0, 0.1) is 5.92 Å². The second-order valence-electron chi connectivity index (χ2n) is 5.73. The van der Waals surface area contributed by atoms with Gasteiger partial charge in [-0.15, -0.1) is 0 Å². The molecule has 108 valence electrons. The fourth-order valence-corrected chi connectivity index (χ4v) is 2.56. The maximum Gasteiger partial charge on any atom is 0.245 e. The predicted molar refractivity (Wildman–Crippen MR) is 70.4 cm³/mol. The molecule has 2 fully saturated rings. The van der Waals surface area contributed by atoms with E-state index in [0.717, 1.165) is 0 Å². The van der Waals surface area contributed by atoms with Crippen LogP contribution >= 0.6 is 0 Å². The lowest BCUT2D eigenvalue weighted by Gasteiger charge is -2.38. The second kappa shape index (κ2) is 5.46. The van der Waals surface area contributed by atoms with E-state index < -0.39 is 5.54 Å². The maximum atomic E-state index is 12.4. The minimum Gasteiger partial charge on any atom is -0.379 e. The number of carbonyl (C=O) groups excluding carboxylic acids is 2. The van der Waals surface area contributed by atoms with Crippen LogP contribution in [0.3, 0.4) is 0 Å². The van der Waals surface area contributed by atoms with Crippen molar-refractivity contribution in [3.8, 4) is 0 Å². The van der Waals surface area contributed by atoms with E-state index in [4.69, 9.17) is 10.5 Å². The highest BCUT2D eigenvalue weighted by molar-refractivity contribution is 5.87. The molecule has 2 rings (SSSR count). The van der Waals surface area contributed by atoms with E-state index in [1.807, 2.05) is 18.7 Å². The summed E-state index contributed by atoms with van der Waals surface area (Å²) in [5.41, 5.74) is 5.22. The van der Waals surface area contributed by atoms with Crippen LogP contribution in [0.5, 0.6) is 0 Å². The van der Waals surface area contributed by atoms with Gasteiger partial charge in [-0.2, -0.15) is 0 Å². The Hall–Kier alpha value is -1.14. The lowest BCUT2D eigenvalue weighted by molar-refractivity contribution is -0.144. The Balaban J connectivity index is 1.89. The summed E-state index contributed by atoms with van der Waals surface area (Å²) in [5, 5.41) is 0. The van der Waals surface area contributed by atoms with Crippen LogP contribution in [0.2, 0.25) is 0 Å². The number of hydrogen-bond acceptors (Lipinski definition) is 4. The van der Waals surface area contributed by atoms with Crippen LogP contribution in [0.1, 0.15) is 20.3 Å². The van der Waals surface area contributed by atoms with E-state index in [2.05, 4.69) is 0 Å². The van der Waals surface area contributed by atoms with Crippen molar-refractivity contribution in [3.63, 3.8) is 0 Å². The Bertz CT molecular complexity index is 356. The third kappa shape index (κ3) is 2.90. The highest BCUT2D eigenvalue weighted by Gasteiger charge is 2.41. The number of ether oxygens (including phenoxy) is 1. The van der Waals surface area contributed by atoms with Crippen LogP contribution in [-0.2, 0) is 14.3 Å². The third-order valence-electron chi connectivity index (χ3n) is 3.85. The van der Waals surface area contributed by atoms with Gasteiger partial charge in [0.05, 0.1) is 6.61 Å². The zero-order valence-corrected chi connectivity index (χ0v) is 11.7. The fraction of sp³-hybridized carbons (Fsp3) is 0.846. The summed E-state index contributed by atoms with van der Waals surface area (Å²) >= 11 is 0. The molecular weight excluding hydrogens is 246 g/mol. The quantitative estimate of drug-likeness (QED) is 0.728. The number of amides is 2. The minimum absolute atomic E-state index is 0.00587. The molecule has 19 heavy (non-hydrogen) atoms. The number of piperazine rings is 1. The first kappa shape index (κ1) is 14.3. The molecule has 6 heteroatoms. The number of nitrogens with two attached hydrogens (primary N) is 1. The first-order chi connectivity index (χ1) is 8.94. The minimum atomic E-state index is -0.857. The van der Waals surface area contributed by atoms with Crippen molar-refractivity contribution in [1.82, 2.24) is 9.80 Å². The Kier molecular flexibility index (Phi) is 4.10. The third-order valence-corrected chi connectivity index (χ3v) is 3.85. The molecule has 0 saturated carbocycles. The predicted octanol–water partition coefficient (Wildman–Crippen LogP) is -0.569. The van der Waals surface area contributed by atoms with Gasteiger partial charge >= 0.3 is 0 Å². The number of carbonyl (C=O) groups is 2. The zero-order valence-electron chi connectivity index (χ0n) is 11.7. The number of rotatable bonds is 2. The lowest BCUT2D eigenvalue weighted by atomic mass is 9.98. The van der Waals surface area contributed by atoms with Crippen LogP contribution in [0.25, 0.3) is 0 Å². The van der Waals surface area contributed by atoms with Crippen LogP contribution in [0.15, 0.2) is 0 Å². The molecule has 2 aliphatic heterocycles. The molecule has 2 saturated heterocycles. The molecular formula is C13H23N3O3. The van der Waals surface area contributed by atoms with Crippen molar-refractivity contribution in [2.75, 3.05) is 39.4 Å². The number of nitrogens with zero attached hydrogens (tertiary/aromatic N) is 2. The standard InChI is InChI=1S/C13H23N3O3/c1-10(2)11(17)15-4-6-16(7-5-15)12(18)13(14)3-8-19-9-13/h10H,3-9,14H2,1-2H3. The van der Waals surface area contributed by atoms with Crippen LogP contribution < -0.4 is 5.73 Å². The summed E-state index contributed by atoms with van der Waals surface area (Å²) in [5.74, 6) is 0.117. The average molecular weight is 269 g/mol. The van der Waals surface area contributed by atoms with Crippen molar-refractivity contribution < 1.29 is 14.3 Å². The molecule has 0 aromatic heterocycles. The Morgan fingerprint density at radius 3 is 2.21 bits per heavy atom. The van der Waals surface area contributed by atoms with E-state index in [-0.39, 0.29) is 17.7 Å². The molecule has 2 aliphatic rings. The monoisotopic (exact) mass is 269 g/mol. The summed E-state index contributed by atoms with van der Waals surface area (Å²) in [4.78, 5) is 27.8. The van der Waals surface area contributed by atoms with Gasteiger partial charge in [0.25, 0.3) is 0 Å². The van der Waals surface area contributed by atoms with E-state index in [1.165, 1.54) is 0 Å². The van der Waals surface area contributed by atoms with Crippen molar-refractivity contribution >= 4 is 11.8 Å². The van der Waals surface area contributed by atoms with Gasteiger partial charge < -0.3 is 20.3 Å².